The second-order valence-corrected chi connectivity index (χ2v) is 3.74. The van der Waals surface area contributed by atoms with Crippen LogP contribution in [0.4, 0.5) is 0 Å². The lowest BCUT2D eigenvalue weighted by Crippen LogP contribution is -2.42. The number of thioether (sulfide) groups is 1. The van der Waals surface area contributed by atoms with E-state index in [1.165, 1.54) is 0 Å². The first kappa shape index (κ1) is 8.92. The van der Waals surface area contributed by atoms with Crippen LogP contribution in [-0.2, 0) is 0 Å². The van der Waals surface area contributed by atoms with E-state index in [-0.39, 0.29) is 12.6 Å². The maximum atomic E-state index is 8.89. The summed E-state index contributed by atoms with van der Waals surface area (Å²) in [6.45, 7) is 2.11. The van der Waals surface area contributed by atoms with Crippen molar-refractivity contribution in [3.8, 4) is 12.3 Å². The van der Waals surface area contributed by atoms with Gasteiger partial charge in [-0.3, -0.25) is 4.90 Å². The quantitative estimate of drug-likeness (QED) is 0.593. The number of nitrogens with zero attached hydrogens (tertiary/aromatic N) is 1. The van der Waals surface area contributed by atoms with Crippen LogP contribution in [-0.4, -0.2) is 47.3 Å². The van der Waals surface area contributed by atoms with Gasteiger partial charge in [0.25, 0.3) is 0 Å². The SMILES string of the molecule is C#CC(CO)N1CCSCC1. The Balaban J connectivity index is 2.38. The Hall–Kier alpha value is -0.170. The molecule has 1 rings (SSSR count). The smallest absolute Gasteiger partial charge is 0.0946 e. The van der Waals surface area contributed by atoms with E-state index in [9.17, 15) is 0 Å². The van der Waals surface area contributed by atoms with Gasteiger partial charge >= 0.3 is 0 Å². The molecule has 1 heterocycles. The Kier molecular flexibility index (Phi) is 3.78. The van der Waals surface area contributed by atoms with Gasteiger partial charge in [0.15, 0.2) is 0 Å². The average molecular weight is 171 g/mol. The third-order valence-corrected chi connectivity index (χ3v) is 2.79. The second kappa shape index (κ2) is 4.66. The summed E-state index contributed by atoms with van der Waals surface area (Å²) in [7, 11) is 0. The van der Waals surface area contributed by atoms with Crippen molar-refractivity contribution in [1.29, 1.82) is 0 Å². The summed E-state index contributed by atoms with van der Waals surface area (Å²) in [6.07, 6.45) is 5.26. The van der Waals surface area contributed by atoms with Crippen molar-refractivity contribution >= 4 is 11.8 Å². The van der Waals surface area contributed by atoms with Crippen LogP contribution >= 0.6 is 11.8 Å². The van der Waals surface area contributed by atoms with Gasteiger partial charge in [-0.1, -0.05) is 5.92 Å². The summed E-state index contributed by atoms with van der Waals surface area (Å²) < 4.78 is 0. The highest BCUT2D eigenvalue weighted by Crippen LogP contribution is 2.11. The molecule has 2 nitrogen and oxygen atoms in total. The van der Waals surface area contributed by atoms with Gasteiger partial charge in [-0.15, -0.1) is 6.42 Å². The molecule has 1 fully saturated rings. The zero-order valence-electron chi connectivity index (χ0n) is 6.49. The minimum Gasteiger partial charge on any atom is -0.394 e. The number of terminal acetylenes is 1. The number of rotatable bonds is 2. The Morgan fingerprint density at radius 1 is 1.55 bits per heavy atom. The van der Waals surface area contributed by atoms with Crippen molar-refractivity contribution in [3.63, 3.8) is 0 Å². The van der Waals surface area contributed by atoms with E-state index >= 15 is 0 Å². The minimum atomic E-state index is -0.0594. The number of aliphatic hydroxyl groups is 1. The summed E-state index contributed by atoms with van der Waals surface area (Å²) in [5, 5.41) is 8.89. The molecule has 1 aliphatic rings. The minimum absolute atomic E-state index is 0.0594. The topological polar surface area (TPSA) is 23.5 Å². The molecule has 62 valence electrons. The van der Waals surface area contributed by atoms with E-state index in [0.717, 1.165) is 24.6 Å². The van der Waals surface area contributed by atoms with E-state index in [2.05, 4.69) is 10.8 Å². The molecule has 1 unspecified atom stereocenters. The van der Waals surface area contributed by atoms with Gasteiger partial charge in [-0.25, -0.2) is 0 Å². The van der Waals surface area contributed by atoms with Crippen LogP contribution in [0.1, 0.15) is 0 Å². The fourth-order valence-electron chi connectivity index (χ4n) is 1.16. The van der Waals surface area contributed by atoms with E-state index in [4.69, 9.17) is 11.5 Å². The van der Waals surface area contributed by atoms with Crippen LogP contribution in [0.25, 0.3) is 0 Å². The predicted octanol–water partition coefficient (Wildman–Crippen LogP) is 0.0293. The van der Waals surface area contributed by atoms with E-state index < -0.39 is 0 Å². The first-order chi connectivity index (χ1) is 5.38. The maximum absolute atomic E-state index is 8.89. The second-order valence-electron chi connectivity index (χ2n) is 2.51. The number of hydrogen-bond acceptors (Lipinski definition) is 3. The van der Waals surface area contributed by atoms with Crippen LogP contribution in [0.3, 0.4) is 0 Å². The molecule has 0 aromatic carbocycles. The number of aliphatic hydroxyl groups excluding tert-OH is 1. The Labute approximate surface area is 72.0 Å². The molecule has 1 N–H and O–H groups in total. The lowest BCUT2D eigenvalue weighted by molar-refractivity contribution is 0.168. The molecule has 0 amide bonds. The van der Waals surface area contributed by atoms with Crippen LogP contribution in [0.2, 0.25) is 0 Å². The third kappa shape index (κ3) is 2.41. The normalized spacial score (nSPS) is 22.5. The lowest BCUT2D eigenvalue weighted by Gasteiger charge is -2.29. The number of hydrogen-bond donors (Lipinski definition) is 1. The molecule has 0 bridgehead atoms. The molecule has 0 aromatic rings. The van der Waals surface area contributed by atoms with Gasteiger partial charge in [0, 0.05) is 24.6 Å². The fraction of sp³-hybridized carbons (Fsp3) is 0.750. The molecule has 1 atom stereocenters. The van der Waals surface area contributed by atoms with Gasteiger partial charge in [-0.2, -0.15) is 11.8 Å². The molecule has 0 aromatic heterocycles. The first-order valence-corrected chi connectivity index (χ1v) is 4.92. The van der Waals surface area contributed by atoms with Gasteiger partial charge < -0.3 is 5.11 Å². The molecule has 11 heavy (non-hydrogen) atoms. The highest BCUT2D eigenvalue weighted by molar-refractivity contribution is 7.99. The van der Waals surface area contributed by atoms with Crippen LogP contribution in [0.15, 0.2) is 0 Å². The maximum Gasteiger partial charge on any atom is 0.0946 e. The van der Waals surface area contributed by atoms with E-state index in [0.29, 0.717) is 0 Å². The molecular weight excluding hydrogens is 158 g/mol. The molecule has 3 heteroatoms. The Morgan fingerprint density at radius 3 is 2.64 bits per heavy atom. The van der Waals surface area contributed by atoms with Gasteiger partial charge in [0.2, 0.25) is 0 Å². The summed E-state index contributed by atoms with van der Waals surface area (Å²) in [5.41, 5.74) is 0. The van der Waals surface area contributed by atoms with Crippen LogP contribution in [0.5, 0.6) is 0 Å². The zero-order valence-corrected chi connectivity index (χ0v) is 7.31. The van der Waals surface area contributed by atoms with Crippen molar-refractivity contribution in [2.75, 3.05) is 31.2 Å². The predicted molar refractivity (Wildman–Crippen MR) is 48.6 cm³/mol. The first-order valence-electron chi connectivity index (χ1n) is 3.77. The Morgan fingerprint density at radius 2 is 2.18 bits per heavy atom. The average Bonchev–Trinajstić information content (AvgIpc) is 2.09. The van der Waals surface area contributed by atoms with E-state index in [1.54, 1.807) is 0 Å². The third-order valence-electron chi connectivity index (χ3n) is 1.85. The largest absolute Gasteiger partial charge is 0.394 e. The van der Waals surface area contributed by atoms with Crippen molar-refractivity contribution in [3.05, 3.63) is 0 Å². The van der Waals surface area contributed by atoms with Gasteiger partial charge in [0.1, 0.15) is 0 Å². The summed E-state index contributed by atoms with van der Waals surface area (Å²) in [4.78, 5) is 2.16. The molecule has 0 spiro atoms. The summed E-state index contributed by atoms with van der Waals surface area (Å²) >= 11 is 1.95. The molecule has 0 saturated carbocycles. The molecule has 1 saturated heterocycles. The molecule has 0 radical (unpaired) electrons. The van der Waals surface area contributed by atoms with Crippen molar-refractivity contribution in [2.24, 2.45) is 0 Å². The van der Waals surface area contributed by atoms with Crippen molar-refractivity contribution in [2.45, 2.75) is 6.04 Å². The zero-order chi connectivity index (χ0) is 8.10. The van der Waals surface area contributed by atoms with Gasteiger partial charge in [-0.05, 0) is 0 Å². The highest BCUT2D eigenvalue weighted by atomic mass is 32.2. The fourth-order valence-corrected chi connectivity index (χ4v) is 2.09. The highest BCUT2D eigenvalue weighted by Gasteiger charge is 2.17. The summed E-state index contributed by atoms with van der Waals surface area (Å²) in [5.74, 6) is 4.86. The monoisotopic (exact) mass is 171 g/mol. The standard InChI is InChI=1S/C8H13NOS/c1-2-8(7-10)9-3-5-11-6-4-9/h1,8,10H,3-7H2. The van der Waals surface area contributed by atoms with Crippen molar-refractivity contribution < 1.29 is 5.11 Å². The molecule has 0 aliphatic carbocycles. The van der Waals surface area contributed by atoms with E-state index in [1.807, 2.05) is 11.8 Å². The molecular formula is C8H13NOS. The van der Waals surface area contributed by atoms with Crippen LogP contribution in [0, 0.1) is 12.3 Å². The molecule has 1 aliphatic heterocycles. The van der Waals surface area contributed by atoms with Crippen LogP contribution < -0.4 is 0 Å². The Bertz CT molecular complexity index is 149. The van der Waals surface area contributed by atoms with Crippen molar-refractivity contribution in [1.82, 2.24) is 4.90 Å². The summed E-state index contributed by atoms with van der Waals surface area (Å²) in [6, 6.07) is -0.0594. The van der Waals surface area contributed by atoms with Gasteiger partial charge in [0.05, 0.1) is 12.6 Å². The lowest BCUT2D eigenvalue weighted by atomic mass is 10.3.